The topological polar surface area (TPSA) is 15.7 Å². The van der Waals surface area contributed by atoms with Crippen molar-refractivity contribution in [1.29, 1.82) is 0 Å². The minimum absolute atomic E-state index is 0.664. The number of anilines is 1. The van der Waals surface area contributed by atoms with Crippen molar-refractivity contribution in [2.45, 2.75) is 26.3 Å². The lowest BCUT2D eigenvalue weighted by molar-refractivity contribution is 0.315. The van der Waals surface area contributed by atoms with Crippen LogP contribution in [0.3, 0.4) is 0 Å². The molecule has 1 heterocycles. The maximum Gasteiger partial charge on any atom is 0.123 e. The molecule has 1 aromatic rings. The third-order valence-electron chi connectivity index (χ3n) is 3.95. The van der Waals surface area contributed by atoms with Gasteiger partial charge in [-0.05, 0) is 45.5 Å². The lowest BCUT2D eigenvalue weighted by atomic mass is 10.1. The highest BCUT2D eigenvalue weighted by Crippen LogP contribution is 2.31. The molecule has 0 saturated carbocycles. The minimum Gasteiger partial charge on any atom is -0.496 e. The third-order valence-corrected chi connectivity index (χ3v) is 3.95. The first kappa shape index (κ1) is 13.2. The number of aryl methyl sites for hydroxylation is 2. The van der Waals surface area contributed by atoms with Crippen LogP contribution in [0.25, 0.3) is 0 Å². The van der Waals surface area contributed by atoms with E-state index in [-0.39, 0.29) is 0 Å². The summed E-state index contributed by atoms with van der Waals surface area (Å²) in [5.41, 5.74) is 3.87. The second-order valence-corrected chi connectivity index (χ2v) is 5.46. The summed E-state index contributed by atoms with van der Waals surface area (Å²) >= 11 is 0. The Balaban J connectivity index is 2.24. The first-order chi connectivity index (χ1) is 8.52. The molecular formula is C15H24N2O. The zero-order valence-electron chi connectivity index (χ0n) is 12.2. The van der Waals surface area contributed by atoms with Gasteiger partial charge in [-0.2, -0.15) is 0 Å². The number of rotatable bonds is 3. The predicted molar refractivity (Wildman–Crippen MR) is 76.8 cm³/mol. The number of benzene rings is 1. The van der Waals surface area contributed by atoms with E-state index in [1.807, 2.05) is 0 Å². The molecule has 1 saturated heterocycles. The van der Waals surface area contributed by atoms with E-state index >= 15 is 0 Å². The van der Waals surface area contributed by atoms with Gasteiger partial charge < -0.3 is 14.5 Å². The maximum absolute atomic E-state index is 5.44. The monoisotopic (exact) mass is 248 g/mol. The second-order valence-electron chi connectivity index (χ2n) is 5.46. The molecule has 0 bridgehead atoms. The number of likely N-dealkylation sites (N-methyl/N-ethyl adjacent to an activating group) is 1. The summed E-state index contributed by atoms with van der Waals surface area (Å²) in [6, 6.07) is 5.07. The number of methoxy groups -OCH3 is 1. The van der Waals surface area contributed by atoms with Gasteiger partial charge in [0.25, 0.3) is 0 Å². The van der Waals surface area contributed by atoms with Gasteiger partial charge in [-0.3, -0.25) is 0 Å². The summed E-state index contributed by atoms with van der Waals surface area (Å²) in [5, 5.41) is 0. The van der Waals surface area contributed by atoms with Crippen LogP contribution in [-0.4, -0.2) is 45.2 Å². The van der Waals surface area contributed by atoms with Crippen molar-refractivity contribution < 1.29 is 4.74 Å². The molecule has 0 aliphatic carbocycles. The molecule has 0 aromatic heterocycles. The van der Waals surface area contributed by atoms with Crippen LogP contribution in [0.4, 0.5) is 5.69 Å². The Morgan fingerprint density at radius 1 is 1.22 bits per heavy atom. The molecule has 100 valence electrons. The lowest BCUT2D eigenvalue weighted by Gasteiger charge is -2.24. The highest BCUT2D eigenvalue weighted by Gasteiger charge is 2.25. The summed E-state index contributed by atoms with van der Waals surface area (Å²) in [7, 11) is 6.07. The molecule has 1 aromatic carbocycles. The lowest BCUT2D eigenvalue weighted by Crippen LogP contribution is -2.31. The van der Waals surface area contributed by atoms with Gasteiger partial charge in [0.05, 0.1) is 7.11 Å². The fraction of sp³-hybridized carbons (Fsp3) is 0.600. The van der Waals surface area contributed by atoms with E-state index in [1.54, 1.807) is 7.11 Å². The summed E-state index contributed by atoms with van der Waals surface area (Å²) in [6.45, 7) is 6.53. The Labute approximate surface area is 110 Å². The van der Waals surface area contributed by atoms with E-state index < -0.39 is 0 Å². The molecule has 1 unspecified atom stereocenters. The Bertz CT molecular complexity index is 429. The molecule has 0 spiro atoms. The van der Waals surface area contributed by atoms with Gasteiger partial charge in [-0.1, -0.05) is 6.07 Å². The van der Waals surface area contributed by atoms with Gasteiger partial charge in [-0.25, -0.2) is 0 Å². The number of ether oxygens (including phenoxy) is 1. The molecule has 1 aliphatic rings. The van der Waals surface area contributed by atoms with Crippen LogP contribution in [0.1, 0.15) is 17.5 Å². The smallest absolute Gasteiger partial charge is 0.123 e. The first-order valence-corrected chi connectivity index (χ1v) is 6.59. The normalized spacial score (nSPS) is 19.7. The van der Waals surface area contributed by atoms with Gasteiger partial charge >= 0.3 is 0 Å². The van der Waals surface area contributed by atoms with E-state index in [4.69, 9.17) is 4.74 Å². The Morgan fingerprint density at radius 2 is 1.94 bits per heavy atom. The standard InChI is InChI=1S/C15H24N2O/c1-11-8-12(2)15(18-5)9-14(11)17-7-6-13(10-17)16(3)4/h8-9,13H,6-7,10H2,1-5H3. The fourth-order valence-electron chi connectivity index (χ4n) is 2.76. The van der Waals surface area contributed by atoms with Gasteiger partial charge in [0.15, 0.2) is 0 Å². The van der Waals surface area contributed by atoms with Crippen LogP contribution in [-0.2, 0) is 0 Å². The van der Waals surface area contributed by atoms with Crippen LogP contribution in [0.2, 0.25) is 0 Å². The van der Waals surface area contributed by atoms with Gasteiger partial charge in [0, 0.05) is 30.9 Å². The van der Waals surface area contributed by atoms with Crippen LogP contribution in [0.5, 0.6) is 5.75 Å². The first-order valence-electron chi connectivity index (χ1n) is 6.59. The van der Waals surface area contributed by atoms with Crippen molar-refractivity contribution >= 4 is 5.69 Å². The van der Waals surface area contributed by atoms with Crippen molar-refractivity contribution in [2.75, 3.05) is 39.2 Å². The average molecular weight is 248 g/mol. The Hall–Kier alpha value is -1.22. The van der Waals surface area contributed by atoms with Gasteiger partial charge in [0.2, 0.25) is 0 Å². The van der Waals surface area contributed by atoms with E-state index in [1.165, 1.54) is 23.2 Å². The van der Waals surface area contributed by atoms with Gasteiger partial charge in [0.1, 0.15) is 5.75 Å². The highest BCUT2D eigenvalue weighted by molar-refractivity contribution is 5.60. The highest BCUT2D eigenvalue weighted by atomic mass is 16.5. The molecule has 0 N–H and O–H groups in total. The second kappa shape index (κ2) is 5.19. The Morgan fingerprint density at radius 3 is 2.50 bits per heavy atom. The fourth-order valence-corrected chi connectivity index (χ4v) is 2.76. The summed E-state index contributed by atoms with van der Waals surface area (Å²) in [4.78, 5) is 4.79. The molecule has 1 fully saturated rings. The van der Waals surface area contributed by atoms with E-state index in [0.717, 1.165) is 18.8 Å². The number of hydrogen-bond donors (Lipinski definition) is 0. The molecule has 2 rings (SSSR count). The largest absolute Gasteiger partial charge is 0.496 e. The average Bonchev–Trinajstić information content (AvgIpc) is 2.78. The third kappa shape index (κ3) is 2.46. The van der Waals surface area contributed by atoms with E-state index in [0.29, 0.717) is 6.04 Å². The van der Waals surface area contributed by atoms with Crippen molar-refractivity contribution in [3.63, 3.8) is 0 Å². The molecule has 18 heavy (non-hydrogen) atoms. The van der Waals surface area contributed by atoms with Gasteiger partial charge in [-0.15, -0.1) is 0 Å². The molecule has 1 atom stereocenters. The number of nitrogens with zero attached hydrogens (tertiary/aromatic N) is 2. The number of hydrogen-bond acceptors (Lipinski definition) is 3. The summed E-state index contributed by atoms with van der Waals surface area (Å²) < 4.78 is 5.44. The maximum atomic E-state index is 5.44. The zero-order chi connectivity index (χ0) is 13.3. The minimum atomic E-state index is 0.664. The SMILES string of the molecule is COc1cc(N2CCC(N(C)C)C2)c(C)cc1C. The molecule has 3 nitrogen and oxygen atoms in total. The van der Waals surface area contributed by atoms with Crippen molar-refractivity contribution in [3.8, 4) is 5.75 Å². The Kier molecular flexibility index (Phi) is 3.81. The quantitative estimate of drug-likeness (QED) is 0.817. The summed E-state index contributed by atoms with van der Waals surface area (Å²) in [6.07, 6.45) is 1.24. The summed E-state index contributed by atoms with van der Waals surface area (Å²) in [5.74, 6) is 0.990. The predicted octanol–water partition coefficient (Wildman–Crippen LogP) is 2.45. The zero-order valence-corrected chi connectivity index (χ0v) is 12.2. The van der Waals surface area contributed by atoms with Crippen molar-refractivity contribution in [1.82, 2.24) is 4.90 Å². The van der Waals surface area contributed by atoms with E-state index in [2.05, 4.69) is 49.9 Å². The molecular weight excluding hydrogens is 224 g/mol. The van der Waals surface area contributed by atoms with Crippen LogP contribution >= 0.6 is 0 Å². The molecule has 0 radical (unpaired) electrons. The van der Waals surface area contributed by atoms with Crippen LogP contribution in [0.15, 0.2) is 12.1 Å². The van der Waals surface area contributed by atoms with Crippen LogP contribution in [0, 0.1) is 13.8 Å². The molecule has 1 aliphatic heterocycles. The van der Waals surface area contributed by atoms with Crippen molar-refractivity contribution in [2.24, 2.45) is 0 Å². The van der Waals surface area contributed by atoms with Crippen molar-refractivity contribution in [3.05, 3.63) is 23.3 Å². The molecule has 0 amide bonds. The van der Waals surface area contributed by atoms with E-state index in [9.17, 15) is 0 Å². The van der Waals surface area contributed by atoms with Crippen LogP contribution < -0.4 is 9.64 Å². The molecule has 3 heteroatoms.